The molecule has 4 saturated carbocycles. The van der Waals surface area contributed by atoms with E-state index in [0.717, 1.165) is 48.4 Å². The van der Waals surface area contributed by atoms with Crippen molar-refractivity contribution in [2.24, 2.45) is 17.8 Å². The molecule has 7 rings (SSSR count). The molecule has 8 heteroatoms. The number of carbonyl (C=O) groups is 2. The second-order valence-corrected chi connectivity index (χ2v) is 11.2. The SMILES string of the molecule is CCn1ncc(NC(=O)c2cn(-c3ccccc3)nc2C23CC4CC(CC(C4)C2)C3)c1C(=O)N(C)C. The van der Waals surface area contributed by atoms with Crippen molar-refractivity contribution in [1.29, 1.82) is 0 Å². The number of hydrogen-bond donors (Lipinski definition) is 1. The molecule has 0 radical (unpaired) electrons. The fraction of sp³-hybridized carbons (Fsp3) is 0.500. The van der Waals surface area contributed by atoms with Crippen LogP contribution in [0.5, 0.6) is 0 Å². The van der Waals surface area contributed by atoms with Crippen molar-refractivity contribution in [1.82, 2.24) is 24.5 Å². The van der Waals surface area contributed by atoms with Crippen LogP contribution in [0.3, 0.4) is 0 Å². The number of para-hydroxylation sites is 1. The van der Waals surface area contributed by atoms with Gasteiger partial charge in [-0.1, -0.05) is 18.2 Å². The first-order chi connectivity index (χ1) is 17.4. The average Bonchev–Trinajstić information content (AvgIpc) is 3.48. The standard InChI is InChI=1S/C28H34N6O2/c1-4-33-24(27(36)32(2)3)23(16-29-33)30-26(35)22-17-34(21-8-6-5-7-9-21)31-25(22)28-13-18-10-19(14-28)12-20(11-18)15-28/h5-9,16-20H,4,10-15H2,1-3H3,(H,30,35). The summed E-state index contributed by atoms with van der Waals surface area (Å²) in [7, 11) is 3.41. The third kappa shape index (κ3) is 3.74. The molecular weight excluding hydrogens is 452 g/mol. The number of nitrogens with zero attached hydrogens (tertiary/aromatic N) is 5. The monoisotopic (exact) mass is 486 g/mol. The normalized spacial score (nSPS) is 26.2. The Morgan fingerprint density at radius 2 is 1.69 bits per heavy atom. The molecule has 4 bridgehead atoms. The van der Waals surface area contributed by atoms with Crippen LogP contribution in [0.25, 0.3) is 5.69 Å². The fourth-order valence-electron chi connectivity index (χ4n) is 7.39. The quantitative estimate of drug-likeness (QED) is 0.556. The Morgan fingerprint density at radius 1 is 1.06 bits per heavy atom. The molecule has 1 N–H and O–H groups in total. The van der Waals surface area contributed by atoms with E-state index in [1.807, 2.05) is 48.1 Å². The molecule has 4 aliphatic carbocycles. The highest BCUT2D eigenvalue weighted by molar-refractivity contribution is 6.09. The summed E-state index contributed by atoms with van der Waals surface area (Å²) < 4.78 is 3.48. The van der Waals surface area contributed by atoms with Crippen molar-refractivity contribution >= 4 is 17.5 Å². The molecule has 4 fully saturated rings. The van der Waals surface area contributed by atoms with Crippen molar-refractivity contribution in [3.05, 3.63) is 59.7 Å². The van der Waals surface area contributed by atoms with E-state index < -0.39 is 0 Å². The fourth-order valence-corrected chi connectivity index (χ4v) is 7.39. The molecule has 0 atom stereocenters. The first-order valence-electron chi connectivity index (χ1n) is 13.1. The van der Waals surface area contributed by atoms with Gasteiger partial charge in [0.2, 0.25) is 0 Å². The maximum atomic E-state index is 13.9. The van der Waals surface area contributed by atoms with Crippen molar-refractivity contribution in [3.63, 3.8) is 0 Å². The first kappa shape index (κ1) is 23.0. The highest BCUT2D eigenvalue weighted by atomic mass is 16.2. The molecule has 0 aliphatic heterocycles. The van der Waals surface area contributed by atoms with E-state index in [9.17, 15) is 9.59 Å². The predicted octanol–water partition coefficient (Wildman–Crippen LogP) is 4.51. The van der Waals surface area contributed by atoms with Gasteiger partial charge in [-0.2, -0.15) is 10.2 Å². The smallest absolute Gasteiger partial charge is 0.273 e. The third-order valence-corrected chi connectivity index (χ3v) is 8.52. The van der Waals surface area contributed by atoms with Gasteiger partial charge in [0.1, 0.15) is 5.69 Å². The van der Waals surface area contributed by atoms with Gasteiger partial charge < -0.3 is 10.2 Å². The number of nitrogens with one attached hydrogen (secondary N) is 1. The van der Waals surface area contributed by atoms with Gasteiger partial charge in [0.15, 0.2) is 0 Å². The summed E-state index contributed by atoms with van der Waals surface area (Å²) >= 11 is 0. The lowest BCUT2D eigenvalue weighted by Crippen LogP contribution is -2.49. The van der Waals surface area contributed by atoms with Crippen LogP contribution in [0.4, 0.5) is 5.69 Å². The van der Waals surface area contributed by atoms with E-state index in [4.69, 9.17) is 5.10 Å². The van der Waals surface area contributed by atoms with Gasteiger partial charge in [-0.3, -0.25) is 14.3 Å². The van der Waals surface area contributed by atoms with Crippen molar-refractivity contribution in [3.8, 4) is 5.69 Å². The second-order valence-electron chi connectivity index (χ2n) is 11.2. The van der Waals surface area contributed by atoms with Crippen LogP contribution in [0.1, 0.15) is 72.0 Å². The zero-order chi connectivity index (χ0) is 25.0. The average molecular weight is 487 g/mol. The molecule has 0 unspecified atom stereocenters. The van der Waals surface area contributed by atoms with E-state index in [1.165, 1.54) is 24.2 Å². The lowest BCUT2D eigenvalue weighted by Gasteiger charge is -2.56. The van der Waals surface area contributed by atoms with E-state index in [-0.39, 0.29) is 17.2 Å². The highest BCUT2D eigenvalue weighted by Crippen LogP contribution is 2.60. The van der Waals surface area contributed by atoms with Gasteiger partial charge in [0, 0.05) is 32.3 Å². The first-order valence-corrected chi connectivity index (χ1v) is 13.1. The van der Waals surface area contributed by atoms with Crippen LogP contribution in [-0.4, -0.2) is 50.4 Å². The lowest BCUT2D eigenvalue weighted by atomic mass is 9.48. The molecule has 2 amide bonds. The topological polar surface area (TPSA) is 85.0 Å². The highest BCUT2D eigenvalue weighted by Gasteiger charge is 2.54. The molecular formula is C28H34N6O2. The Labute approximate surface area is 211 Å². The summed E-state index contributed by atoms with van der Waals surface area (Å²) in [5.74, 6) is 1.79. The van der Waals surface area contributed by atoms with E-state index in [2.05, 4.69) is 10.4 Å². The van der Waals surface area contributed by atoms with E-state index in [0.29, 0.717) is 23.5 Å². The lowest BCUT2D eigenvalue weighted by molar-refractivity contribution is -0.00765. The minimum Gasteiger partial charge on any atom is -0.343 e. The van der Waals surface area contributed by atoms with Gasteiger partial charge in [0.25, 0.3) is 11.8 Å². The summed E-state index contributed by atoms with van der Waals surface area (Å²) in [6.07, 6.45) is 10.8. The molecule has 188 valence electrons. The summed E-state index contributed by atoms with van der Waals surface area (Å²) in [6.45, 7) is 2.47. The molecule has 2 heterocycles. The van der Waals surface area contributed by atoms with Crippen LogP contribution in [0, 0.1) is 17.8 Å². The minimum absolute atomic E-state index is 0.0443. The summed E-state index contributed by atoms with van der Waals surface area (Å²) in [6, 6.07) is 9.97. The van der Waals surface area contributed by atoms with E-state index >= 15 is 0 Å². The summed E-state index contributed by atoms with van der Waals surface area (Å²) in [5.41, 5.74) is 3.24. The molecule has 8 nitrogen and oxygen atoms in total. The molecule has 3 aromatic rings. The van der Waals surface area contributed by atoms with Crippen LogP contribution in [0.15, 0.2) is 42.7 Å². The number of carbonyl (C=O) groups excluding carboxylic acids is 2. The van der Waals surface area contributed by atoms with Gasteiger partial charge in [-0.05, 0) is 75.3 Å². The summed E-state index contributed by atoms with van der Waals surface area (Å²) in [5, 5.41) is 12.5. The largest absolute Gasteiger partial charge is 0.343 e. The van der Waals surface area contributed by atoms with Gasteiger partial charge in [-0.15, -0.1) is 0 Å². The third-order valence-electron chi connectivity index (χ3n) is 8.52. The van der Waals surface area contributed by atoms with Gasteiger partial charge in [-0.25, -0.2) is 4.68 Å². The van der Waals surface area contributed by atoms with E-state index in [1.54, 1.807) is 25.0 Å². The Balaban J connectivity index is 1.41. The number of hydrogen-bond acceptors (Lipinski definition) is 4. The molecule has 36 heavy (non-hydrogen) atoms. The Hall–Kier alpha value is -3.42. The number of rotatable bonds is 6. The number of benzene rings is 1. The maximum absolute atomic E-state index is 13.9. The van der Waals surface area contributed by atoms with Crippen LogP contribution < -0.4 is 5.32 Å². The Morgan fingerprint density at radius 3 is 2.28 bits per heavy atom. The molecule has 0 saturated heterocycles. The zero-order valence-electron chi connectivity index (χ0n) is 21.3. The van der Waals surface area contributed by atoms with Crippen molar-refractivity contribution < 1.29 is 9.59 Å². The molecule has 1 aromatic carbocycles. The number of anilines is 1. The van der Waals surface area contributed by atoms with Crippen molar-refractivity contribution in [2.75, 3.05) is 19.4 Å². The second kappa shape index (κ2) is 8.61. The number of amides is 2. The molecule has 4 aliphatic rings. The maximum Gasteiger partial charge on any atom is 0.273 e. The van der Waals surface area contributed by atoms with Gasteiger partial charge in [0.05, 0.1) is 28.8 Å². The van der Waals surface area contributed by atoms with Crippen molar-refractivity contribution in [2.45, 2.75) is 57.4 Å². The Kier molecular flexibility index (Phi) is 5.50. The number of aryl methyl sites for hydroxylation is 1. The Bertz CT molecular complexity index is 1270. The van der Waals surface area contributed by atoms with Gasteiger partial charge >= 0.3 is 0 Å². The van der Waals surface area contributed by atoms with Crippen LogP contribution in [0.2, 0.25) is 0 Å². The molecule has 0 spiro atoms. The zero-order valence-corrected chi connectivity index (χ0v) is 21.3. The summed E-state index contributed by atoms with van der Waals surface area (Å²) in [4.78, 5) is 28.3. The number of aromatic nitrogens is 4. The minimum atomic E-state index is -0.230. The predicted molar refractivity (Wildman–Crippen MR) is 137 cm³/mol. The van der Waals surface area contributed by atoms with Crippen LogP contribution in [-0.2, 0) is 12.0 Å². The molecule has 2 aromatic heterocycles. The van der Waals surface area contributed by atoms with Crippen LogP contribution >= 0.6 is 0 Å².